The second-order valence-corrected chi connectivity index (χ2v) is 13.8. The minimum absolute atomic E-state index is 0.0233. The number of H-pyrrole nitrogens is 1. The first-order valence-corrected chi connectivity index (χ1v) is 16.7. The van der Waals surface area contributed by atoms with Crippen LogP contribution in [0, 0.1) is 0 Å². The molecule has 0 aromatic carbocycles. The van der Waals surface area contributed by atoms with E-state index in [0.717, 1.165) is 6.33 Å². The first-order valence-electron chi connectivity index (χ1n) is 12.8. The highest BCUT2D eigenvalue weighted by Crippen LogP contribution is 2.57. The summed E-state index contributed by atoms with van der Waals surface area (Å²) in [5.41, 5.74) is 11.1. The van der Waals surface area contributed by atoms with Gasteiger partial charge in [-0.3, -0.25) is 37.0 Å². The van der Waals surface area contributed by atoms with Gasteiger partial charge in [0.05, 0.1) is 25.9 Å². The quantitative estimate of drug-likeness (QED) is 0.137. The number of hydrogen-bond acceptors (Lipinski definition) is 17. The zero-order valence-electron chi connectivity index (χ0n) is 21.9. The maximum atomic E-state index is 15.9. The molecule has 10 atom stereocenters. The summed E-state index contributed by atoms with van der Waals surface area (Å²) in [6.45, 7) is -5.54. The van der Waals surface area contributed by atoms with E-state index in [4.69, 9.17) is 39.0 Å². The van der Waals surface area contributed by atoms with Crippen molar-refractivity contribution in [3.05, 3.63) is 29.3 Å². The summed E-state index contributed by atoms with van der Waals surface area (Å²) in [7, 11) is -3.46. The Bertz CT molecular complexity index is 1880. The van der Waals surface area contributed by atoms with Crippen LogP contribution in [0.4, 0.5) is 16.2 Å². The number of hydrogen-bond donors (Lipinski definition) is 5. The summed E-state index contributed by atoms with van der Waals surface area (Å²) in [5, 5.41) is 11.0. The number of nitrogens with one attached hydrogen (secondary N) is 1. The predicted octanol–water partition coefficient (Wildman–Crippen LogP) is -0.138. The van der Waals surface area contributed by atoms with Crippen molar-refractivity contribution in [1.29, 1.82) is 0 Å². The maximum Gasteiger partial charge on any atom is 0.386 e. The summed E-state index contributed by atoms with van der Waals surface area (Å²) >= 11 is 3.99. The van der Waals surface area contributed by atoms with Crippen molar-refractivity contribution in [3.63, 3.8) is 0 Å². The van der Waals surface area contributed by atoms with E-state index in [1.807, 2.05) is 0 Å². The molecule has 0 radical (unpaired) electrons. The number of fused-ring (bicyclic) bond motifs is 5. The number of ether oxygens (including phenoxy) is 2. The van der Waals surface area contributed by atoms with E-state index < -0.39 is 83.0 Å². The molecule has 24 heteroatoms. The molecular weight excluding hydrogens is 653 g/mol. The molecule has 2 bridgehead atoms. The third-order valence-electron chi connectivity index (χ3n) is 7.22. The highest BCUT2D eigenvalue weighted by atomic mass is 32.7. The first kappa shape index (κ1) is 29.7. The van der Waals surface area contributed by atoms with Gasteiger partial charge in [0.15, 0.2) is 41.3 Å². The van der Waals surface area contributed by atoms with Crippen molar-refractivity contribution in [2.45, 2.75) is 49.1 Å². The van der Waals surface area contributed by atoms with Crippen LogP contribution in [-0.2, 0) is 36.7 Å². The molecule has 3 aliphatic heterocycles. The molecule has 6 N–H and O–H groups in total. The fraction of sp³-hybridized carbons (Fsp3) is 0.500. The lowest BCUT2D eigenvalue weighted by atomic mass is 10.1. The van der Waals surface area contributed by atoms with Gasteiger partial charge in [0.25, 0.3) is 5.56 Å². The number of rotatable bonds is 2. The van der Waals surface area contributed by atoms with E-state index in [0.29, 0.717) is 0 Å². The highest BCUT2D eigenvalue weighted by Gasteiger charge is 2.52. The third-order valence-corrected chi connectivity index (χ3v) is 9.70. The number of aromatic nitrogens is 8. The molecule has 7 heterocycles. The lowest BCUT2D eigenvalue weighted by molar-refractivity contribution is -0.0563. The number of nitrogens with zero attached hydrogens (tertiary/aromatic N) is 7. The van der Waals surface area contributed by atoms with Gasteiger partial charge < -0.3 is 30.6 Å². The van der Waals surface area contributed by atoms with E-state index in [2.05, 4.69) is 42.2 Å². The lowest BCUT2D eigenvalue weighted by Crippen LogP contribution is -2.34. The Morgan fingerprint density at radius 2 is 1.77 bits per heavy atom. The zero-order chi connectivity index (χ0) is 30.9. The smallest absolute Gasteiger partial charge is 0.386 e. The number of alkyl halides is 1. The Hall–Kier alpha value is -3.04. The Morgan fingerprint density at radius 3 is 2.57 bits per heavy atom. The minimum Gasteiger partial charge on any atom is -0.387 e. The molecule has 3 saturated heterocycles. The van der Waals surface area contributed by atoms with Crippen LogP contribution in [0.2, 0.25) is 0 Å². The van der Waals surface area contributed by atoms with Gasteiger partial charge >= 0.3 is 15.1 Å². The van der Waals surface area contributed by atoms with E-state index in [9.17, 15) is 19.0 Å². The van der Waals surface area contributed by atoms with Gasteiger partial charge in [-0.25, -0.2) is 28.9 Å². The van der Waals surface area contributed by atoms with Crippen molar-refractivity contribution >= 4 is 61.4 Å². The number of halogens is 1. The number of aromatic amines is 1. The Morgan fingerprint density at radius 1 is 1.05 bits per heavy atom. The number of thiol groups is 1. The second kappa shape index (κ2) is 11.1. The molecule has 3 fully saturated rings. The standard InChI is InChI=1S/C20H23FN10O10P2S/c21-8-12-7(39-18(8)30-4-26-9-14(22)24-3-25-15(9)30)1-36-42(34)40-13-11(32)6(2-37-43(35,44)41-12)38-19(13)31-5-27-10-16(31)28-20(23)29-17(10)33/h3-8,11-13,18-19,32,42H,1-2H2,(H,35,44)(H2,22,24,25)(H3,23,28,29,33)/t6-,7-,8-,11-,12-,13-,18-,19-,43-/m1/s1. The Kier molecular flexibility index (Phi) is 7.47. The topological polar surface area (TPSA) is 269 Å². The van der Waals surface area contributed by atoms with E-state index in [1.54, 1.807) is 0 Å². The highest BCUT2D eigenvalue weighted by molar-refractivity contribution is 8.44. The van der Waals surface area contributed by atoms with Gasteiger partial charge in [0, 0.05) is 0 Å². The monoisotopic (exact) mass is 676 g/mol. The van der Waals surface area contributed by atoms with Gasteiger partial charge in [-0.2, -0.15) is 4.98 Å². The van der Waals surface area contributed by atoms with Gasteiger partial charge in [-0.15, -0.1) is 0 Å². The van der Waals surface area contributed by atoms with Crippen molar-refractivity contribution in [3.8, 4) is 0 Å². The number of nitrogen functional groups attached to an aromatic ring is 2. The van der Waals surface area contributed by atoms with Crippen molar-refractivity contribution < 1.29 is 46.2 Å². The van der Waals surface area contributed by atoms with Crippen molar-refractivity contribution in [2.75, 3.05) is 24.7 Å². The molecular formula is C20H23FN10O10P2S. The average Bonchev–Trinajstić information content (AvgIpc) is 3.72. The minimum atomic E-state index is -4.37. The lowest BCUT2D eigenvalue weighted by Gasteiger charge is -2.24. The number of aliphatic hydroxyl groups is 1. The van der Waals surface area contributed by atoms with Gasteiger partial charge in [0.2, 0.25) is 5.95 Å². The van der Waals surface area contributed by atoms with E-state index in [-0.39, 0.29) is 34.1 Å². The fourth-order valence-corrected chi connectivity index (χ4v) is 7.55. The van der Waals surface area contributed by atoms with E-state index in [1.165, 1.54) is 21.8 Å². The zero-order valence-corrected chi connectivity index (χ0v) is 24.7. The molecule has 20 nitrogen and oxygen atoms in total. The molecule has 4 aromatic rings. The van der Waals surface area contributed by atoms with Gasteiger partial charge in [-0.1, -0.05) is 12.2 Å². The molecule has 0 amide bonds. The number of aliphatic hydroxyl groups excluding tert-OH is 1. The van der Waals surface area contributed by atoms with Crippen molar-refractivity contribution in [1.82, 2.24) is 39.0 Å². The largest absolute Gasteiger partial charge is 0.387 e. The molecule has 236 valence electrons. The SMILES string of the molecule is Nc1nc2c(ncn2[C@@H]2O[C@@H]3CO[P@@](=O)(S)O[C@H]4[C@@H](F)[C@H](n5cnc6c(N)ncnc65)O[C@@H]4CO[PH](=O)O[C@@H]2[C@@H]3O)c(=O)[nH]1. The van der Waals surface area contributed by atoms with E-state index >= 15 is 4.39 Å². The molecule has 3 aliphatic rings. The normalized spacial score (nSPS) is 36.6. The molecule has 0 aliphatic carbocycles. The number of imidazole rings is 2. The van der Waals surface area contributed by atoms with Crippen LogP contribution in [0.25, 0.3) is 22.3 Å². The number of anilines is 2. The predicted molar refractivity (Wildman–Crippen MR) is 148 cm³/mol. The fourth-order valence-electron chi connectivity index (χ4n) is 5.22. The van der Waals surface area contributed by atoms with Crippen LogP contribution in [0.15, 0.2) is 23.8 Å². The summed E-state index contributed by atoms with van der Waals surface area (Å²) in [5.74, 6) is -0.164. The van der Waals surface area contributed by atoms with Crippen LogP contribution in [-0.4, -0.2) is 94.0 Å². The molecule has 44 heavy (non-hydrogen) atoms. The molecule has 4 aromatic heterocycles. The molecule has 0 spiro atoms. The summed E-state index contributed by atoms with van der Waals surface area (Å²) in [6, 6.07) is 0. The van der Waals surface area contributed by atoms with Crippen LogP contribution in [0.1, 0.15) is 12.5 Å². The summed E-state index contributed by atoms with van der Waals surface area (Å²) < 4.78 is 78.3. The van der Waals surface area contributed by atoms with Crippen LogP contribution in [0.3, 0.4) is 0 Å². The molecule has 7 rings (SSSR count). The summed E-state index contributed by atoms with van der Waals surface area (Å²) in [6.07, 6.45) is -8.23. The van der Waals surface area contributed by atoms with Crippen molar-refractivity contribution in [2.24, 2.45) is 0 Å². The Balaban J connectivity index is 1.18. The Labute approximate surface area is 249 Å². The van der Waals surface area contributed by atoms with Crippen LogP contribution < -0.4 is 17.0 Å². The summed E-state index contributed by atoms with van der Waals surface area (Å²) in [4.78, 5) is 34.7. The maximum absolute atomic E-state index is 15.9. The molecule has 1 unspecified atom stereocenters. The van der Waals surface area contributed by atoms with Crippen LogP contribution in [0.5, 0.6) is 0 Å². The second-order valence-electron chi connectivity index (χ2n) is 9.90. The van der Waals surface area contributed by atoms with Crippen LogP contribution >= 0.6 is 27.3 Å². The number of nitrogens with two attached hydrogens (primary N) is 2. The first-order chi connectivity index (χ1) is 21.0. The van der Waals surface area contributed by atoms with Gasteiger partial charge in [-0.05, 0) is 0 Å². The molecule has 0 saturated carbocycles. The van der Waals surface area contributed by atoms with Gasteiger partial charge in [0.1, 0.15) is 42.4 Å². The third kappa shape index (κ3) is 5.10. The average molecular weight is 676 g/mol.